The standard InChI is InChI=1S/C28H24NO5P/c30-27-18-22(21-8-13-24(14-9-21)35(32,33)34)10-15-25(27)26-16-17-28(31)29(26)23-11-6-20(7-12-23)19-4-2-1-3-5-19/h1-15,18,26,30H,16-17H2,(H2,32,33,34). The van der Waals surface area contributed by atoms with Gasteiger partial charge in [0.15, 0.2) is 0 Å². The highest BCUT2D eigenvalue weighted by molar-refractivity contribution is 7.60. The highest BCUT2D eigenvalue weighted by atomic mass is 31.2. The molecular weight excluding hydrogens is 461 g/mol. The number of rotatable bonds is 5. The van der Waals surface area contributed by atoms with E-state index in [1.165, 1.54) is 12.1 Å². The molecule has 0 bridgehead atoms. The molecule has 0 saturated carbocycles. The van der Waals surface area contributed by atoms with Gasteiger partial charge in [0.05, 0.1) is 11.3 Å². The second-order valence-electron chi connectivity index (χ2n) is 8.60. The molecule has 1 atom stereocenters. The molecule has 1 saturated heterocycles. The molecule has 0 spiro atoms. The summed E-state index contributed by atoms with van der Waals surface area (Å²) < 4.78 is 11.4. The molecule has 1 heterocycles. The van der Waals surface area contributed by atoms with Crippen molar-refractivity contribution in [3.05, 3.63) is 103 Å². The molecule has 1 amide bonds. The summed E-state index contributed by atoms with van der Waals surface area (Å²) in [7, 11) is -4.31. The first kappa shape index (κ1) is 23.1. The average Bonchev–Trinajstić information content (AvgIpc) is 3.25. The van der Waals surface area contributed by atoms with Crippen LogP contribution in [0, 0.1) is 0 Å². The summed E-state index contributed by atoms with van der Waals surface area (Å²) in [6.45, 7) is 0. The molecule has 0 radical (unpaired) electrons. The topological polar surface area (TPSA) is 98.1 Å². The Labute approximate surface area is 203 Å². The third-order valence-corrected chi connectivity index (χ3v) is 7.36. The fraction of sp³-hybridized carbons (Fsp3) is 0.107. The fourth-order valence-corrected chi connectivity index (χ4v) is 5.14. The number of aromatic hydroxyl groups is 1. The Morgan fingerprint density at radius 3 is 1.94 bits per heavy atom. The lowest BCUT2D eigenvalue weighted by Crippen LogP contribution is -2.27. The number of benzene rings is 4. The number of hydrogen-bond acceptors (Lipinski definition) is 3. The quantitative estimate of drug-likeness (QED) is 0.329. The molecule has 7 heteroatoms. The van der Waals surface area contributed by atoms with E-state index in [-0.39, 0.29) is 23.0 Å². The minimum Gasteiger partial charge on any atom is -0.508 e. The van der Waals surface area contributed by atoms with Crippen LogP contribution in [-0.4, -0.2) is 20.8 Å². The van der Waals surface area contributed by atoms with Crippen molar-refractivity contribution in [1.82, 2.24) is 0 Å². The third kappa shape index (κ3) is 4.64. The van der Waals surface area contributed by atoms with Gasteiger partial charge in [-0.05, 0) is 59.0 Å². The van der Waals surface area contributed by atoms with E-state index < -0.39 is 7.60 Å². The van der Waals surface area contributed by atoms with Crippen molar-refractivity contribution in [1.29, 1.82) is 0 Å². The van der Waals surface area contributed by atoms with Crippen LogP contribution in [0.4, 0.5) is 5.69 Å². The lowest BCUT2D eigenvalue weighted by Gasteiger charge is -2.26. The van der Waals surface area contributed by atoms with E-state index in [9.17, 15) is 24.3 Å². The Morgan fingerprint density at radius 1 is 0.743 bits per heavy atom. The van der Waals surface area contributed by atoms with Crippen molar-refractivity contribution in [2.45, 2.75) is 18.9 Å². The zero-order valence-electron chi connectivity index (χ0n) is 18.8. The fourth-order valence-electron chi connectivity index (χ4n) is 4.60. The van der Waals surface area contributed by atoms with Gasteiger partial charge in [0.2, 0.25) is 5.91 Å². The predicted octanol–water partition coefficient (Wildman–Crippen LogP) is 5.40. The Morgan fingerprint density at radius 2 is 1.31 bits per heavy atom. The van der Waals surface area contributed by atoms with Gasteiger partial charge in [0, 0.05) is 17.7 Å². The first-order chi connectivity index (χ1) is 16.8. The summed E-state index contributed by atoms with van der Waals surface area (Å²) in [6, 6.07) is 28.9. The largest absolute Gasteiger partial charge is 0.508 e. The molecule has 1 unspecified atom stereocenters. The zero-order chi connectivity index (χ0) is 24.6. The van der Waals surface area contributed by atoms with E-state index in [1.807, 2.05) is 66.7 Å². The summed E-state index contributed by atoms with van der Waals surface area (Å²) >= 11 is 0. The maximum absolute atomic E-state index is 12.8. The molecule has 3 N–H and O–H groups in total. The van der Waals surface area contributed by atoms with Gasteiger partial charge in [0.1, 0.15) is 5.75 Å². The smallest absolute Gasteiger partial charge is 0.356 e. The second-order valence-corrected chi connectivity index (χ2v) is 10.2. The van der Waals surface area contributed by atoms with Gasteiger partial charge >= 0.3 is 7.60 Å². The molecule has 1 fully saturated rings. The van der Waals surface area contributed by atoms with E-state index in [2.05, 4.69) is 0 Å². The van der Waals surface area contributed by atoms with Crippen molar-refractivity contribution in [2.24, 2.45) is 0 Å². The molecule has 1 aliphatic rings. The van der Waals surface area contributed by atoms with Gasteiger partial charge in [-0.25, -0.2) is 0 Å². The van der Waals surface area contributed by atoms with Crippen molar-refractivity contribution in [2.75, 3.05) is 4.90 Å². The lowest BCUT2D eigenvalue weighted by molar-refractivity contribution is -0.117. The van der Waals surface area contributed by atoms with Gasteiger partial charge in [-0.2, -0.15) is 0 Å². The summed E-state index contributed by atoms with van der Waals surface area (Å²) in [5.74, 6) is 0.0890. The Bertz CT molecular complexity index is 1410. The highest BCUT2D eigenvalue weighted by Gasteiger charge is 2.34. The first-order valence-electron chi connectivity index (χ1n) is 11.3. The van der Waals surface area contributed by atoms with Crippen LogP contribution in [0.3, 0.4) is 0 Å². The van der Waals surface area contributed by atoms with Gasteiger partial charge in [-0.3, -0.25) is 9.36 Å². The zero-order valence-corrected chi connectivity index (χ0v) is 19.7. The van der Waals surface area contributed by atoms with E-state index in [0.29, 0.717) is 24.0 Å². The molecule has 4 aromatic carbocycles. The van der Waals surface area contributed by atoms with Gasteiger partial charge in [-0.1, -0.05) is 66.7 Å². The van der Waals surface area contributed by atoms with Crippen LogP contribution in [-0.2, 0) is 9.36 Å². The van der Waals surface area contributed by atoms with E-state index in [1.54, 1.807) is 23.1 Å². The van der Waals surface area contributed by atoms with E-state index in [4.69, 9.17) is 0 Å². The predicted molar refractivity (Wildman–Crippen MR) is 137 cm³/mol. The van der Waals surface area contributed by atoms with E-state index in [0.717, 1.165) is 22.4 Å². The van der Waals surface area contributed by atoms with Gasteiger partial charge in [-0.15, -0.1) is 0 Å². The van der Waals surface area contributed by atoms with Crippen LogP contribution in [0.1, 0.15) is 24.4 Å². The van der Waals surface area contributed by atoms with Gasteiger partial charge in [0.25, 0.3) is 0 Å². The van der Waals surface area contributed by atoms with Crippen LogP contribution in [0.5, 0.6) is 5.75 Å². The molecule has 35 heavy (non-hydrogen) atoms. The molecule has 4 aromatic rings. The van der Waals surface area contributed by atoms with Crippen LogP contribution in [0.25, 0.3) is 22.3 Å². The van der Waals surface area contributed by atoms with E-state index >= 15 is 0 Å². The van der Waals surface area contributed by atoms with Gasteiger partial charge < -0.3 is 19.8 Å². The molecule has 0 aromatic heterocycles. The monoisotopic (exact) mass is 485 g/mol. The van der Waals surface area contributed by atoms with Crippen LogP contribution in [0.15, 0.2) is 97.1 Å². The third-order valence-electron chi connectivity index (χ3n) is 6.39. The second kappa shape index (κ2) is 9.16. The average molecular weight is 485 g/mol. The number of carbonyl (C=O) groups is 1. The van der Waals surface area contributed by atoms with Crippen molar-refractivity contribution in [3.8, 4) is 28.0 Å². The summed E-state index contributed by atoms with van der Waals surface area (Å²) in [5, 5.41) is 10.8. The summed E-state index contributed by atoms with van der Waals surface area (Å²) in [5.41, 5.74) is 5.05. The van der Waals surface area contributed by atoms with Crippen LogP contribution >= 0.6 is 7.60 Å². The molecular formula is C28H24NO5P. The van der Waals surface area contributed by atoms with Crippen molar-refractivity contribution < 1.29 is 24.3 Å². The summed E-state index contributed by atoms with van der Waals surface area (Å²) in [6.07, 6.45) is 0.999. The lowest BCUT2D eigenvalue weighted by atomic mass is 9.98. The first-order valence-corrected chi connectivity index (χ1v) is 12.9. The number of anilines is 1. The molecule has 0 aliphatic carbocycles. The number of nitrogens with zero attached hydrogens (tertiary/aromatic N) is 1. The molecule has 1 aliphatic heterocycles. The van der Waals surface area contributed by atoms with Crippen molar-refractivity contribution in [3.63, 3.8) is 0 Å². The normalized spacial score (nSPS) is 16.0. The van der Waals surface area contributed by atoms with Crippen LogP contribution < -0.4 is 10.2 Å². The Balaban J connectivity index is 1.42. The number of carbonyl (C=O) groups excluding carboxylic acids is 1. The maximum Gasteiger partial charge on any atom is 0.356 e. The van der Waals surface area contributed by atoms with Crippen molar-refractivity contribution >= 4 is 24.5 Å². The number of hydrogen-bond donors (Lipinski definition) is 3. The number of phenolic OH excluding ortho intramolecular Hbond substituents is 1. The minimum atomic E-state index is -4.31. The Kier molecular flexibility index (Phi) is 6.03. The molecule has 176 valence electrons. The molecule has 5 rings (SSSR count). The number of amides is 1. The number of phenols is 1. The Hall–Kier alpha value is -3.70. The maximum atomic E-state index is 12.8. The minimum absolute atomic E-state index is 0.0129. The highest BCUT2D eigenvalue weighted by Crippen LogP contribution is 2.42. The summed E-state index contributed by atoms with van der Waals surface area (Å²) in [4.78, 5) is 33.2. The molecule has 6 nitrogen and oxygen atoms in total. The van der Waals surface area contributed by atoms with Crippen LogP contribution in [0.2, 0.25) is 0 Å². The SMILES string of the molecule is O=C1CCC(c2ccc(-c3ccc(P(=O)(O)O)cc3)cc2O)N1c1ccc(-c2ccccc2)cc1.